The number of aliphatic hydroxyl groups is 1. The second-order valence-electron chi connectivity index (χ2n) is 8.06. The summed E-state index contributed by atoms with van der Waals surface area (Å²) < 4.78 is 12.3. The normalized spacial score (nSPS) is 17.1. The molecular weight excluding hydrogens is 510 g/mol. The van der Waals surface area contributed by atoms with Crippen LogP contribution >= 0.6 is 15.9 Å². The molecule has 0 saturated carbocycles. The Balaban J connectivity index is 1.56. The Morgan fingerprint density at radius 2 is 1.66 bits per heavy atom. The van der Waals surface area contributed by atoms with Gasteiger partial charge in [0, 0.05) is 15.7 Å². The molecule has 1 amide bonds. The maximum Gasteiger partial charge on any atom is 0.300 e. The molecular formula is C28H20BrNO5. The average Bonchev–Trinajstić information content (AvgIpc) is 3.49. The molecule has 2 heterocycles. The minimum atomic E-state index is -0.921. The lowest BCUT2D eigenvalue weighted by Gasteiger charge is -2.23. The van der Waals surface area contributed by atoms with Crippen LogP contribution in [-0.2, 0) is 9.59 Å². The number of ether oxygens (including phenoxy) is 1. The third-order valence-electron chi connectivity index (χ3n) is 5.78. The number of ketones is 1. The zero-order valence-corrected chi connectivity index (χ0v) is 20.2. The van der Waals surface area contributed by atoms with Gasteiger partial charge in [-0.25, -0.2) is 0 Å². The molecule has 1 aliphatic rings. The van der Waals surface area contributed by atoms with E-state index in [1.54, 1.807) is 54.6 Å². The molecule has 0 aliphatic carbocycles. The van der Waals surface area contributed by atoms with Gasteiger partial charge in [0.2, 0.25) is 0 Å². The number of anilines is 1. The van der Waals surface area contributed by atoms with Gasteiger partial charge in [0.1, 0.15) is 29.1 Å². The van der Waals surface area contributed by atoms with Crippen LogP contribution in [0.5, 0.6) is 11.5 Å². The molecule has 1 fully saturated rings. The third-order valence-corrected chi connectivity index (χ3v) is 6.67. The molecule has 174 valence electrons. The summed E-state index contributed by atoms with van der Waals surface area (Å²) in [6.45, 7) is 1.88. The van der Waals surface area contributed by atoms with Crippen molar-refractivity contribution in [1.82, 2.24) is 0 Å². The van der Waals surface area contributed by atoms with Gasteiger partial charge in [0.05, 0.1) is 11.8 Å². The van der Waals surface area contributed by atoms with Gasteiger partial charge in [-0.1, -0.05) is 40.2 Å². The monoisotopic (exact) mass is 529 g/mol. The maximum absolute atomic E-state index is 13.2. The van der Waals surface area contributed by atoms with Crippen LogP contribution in [0.2, 0.25) is 0 Å². The second-order valence-corrected chi connectivity index (χ2v) is 8.91. The number of aryl methyl sites for hydroxylation is 1. The molecule has 0 radical (unpaired) electrons. The maximum atomic E-state index is 13.2. The number of nitrogens with zero attached hydrogens (tertiary/aromatic N) is 1. The van der Waals surface area contributed by atoms with Crippen molar-refractivity contribution in [2.24, 2.45) is 0 Å². The van der Waals surface area contributed by atoms with Gasteiger partial charge in [0.15, 0.2) is 0 Å². The highest BCUT2D eigenvalue weighted by atomic mass is 79.9. The molecule has 3 aromatic carbocycles. The molecule has 1 saturated heterocycles. The van der Waals surface area contributed by atoms with Crippen molar-refractivity contribution in [2.45, 2.75) is 13.0 Å². The molecule has 1 atom stereocenters. The predicted octanol–water partition coefficient (Wildman–Crippen LogP) is 6.77. The Bertz CT molecular complexity index is 1430. The van der Waals surface area contributed by atoms with E-state index in [1.165, 1.54) is 11.2 Å². The first-order chi connectivity index (χ1) is 16.9. The lowest BCUT2D eigenvalue weighted by atomic mass is 9.98. The van der Waals surface area contributed by atoms with E-state index >= 15 is 0 Å². The number of furan rings is 1. The van der Waals surface area contributed by atoms with Crippen molar-refractivity contribution < 1.29 is 23.8 Å². The van der Waals surface area contributed by atoms with E-state index in [-0.39, 0.29) is 11.3 Å². The van der Waals surface area contributed by atoms with E-state index in [0.29, 0.717) is 28.5 Å². The van der Waals surface area contributed by atoms with Crippen LogP contribution < -0.4 is 9.64 Å². The fraction of sp³-hybridized carbons (Fsp3) is 0.0714. The first kappa shape index (κ1) is 22.7. The number of Topliss-reactive ketones (excluding diaryl/α,β-unsaturated/α-hetero) is 1. The summed E-state index contributed by atoms with van der Waals surface area (Å²) in [6, 6.07) is 23.8. The van der Waals surface area contributed by atoms with Crippen LogP contribution in [0.1, 0.15) is 22.9 Å². The number of rotatable bonds is 5. The number of carbonyl (C=O) groups is 2. The molecule has 0 spiro atoms. The van der Waals surface area contributed by atoms with Crippen LogP contribution in [0.4, 0.5) is 5.69 Å². The smallest absolute Gasteiger partial charge is 0.300 e. The number of benzene rings is 3. The molecule has 5 rings (SSSR count). The Kier molecular flexibility index (Phi) is 6.01. The van der Waals surface area contributed by atoms with Crippen LogP contribution in [0.3, 0.4) is 0 Å². The summed E-state index contributed by atoms with van der Waals surface area (Å²) in [5.41, 5.74) is 1.76. The number of hydrogen-bond donors (Lipinski definition) is 1. The van der Waals surface area contributed by atoms with Crippen molar-refractivity contribution in [3.8, 4) is 11.5 Å². The molecule has 1 aromatic heterocycles. The fourth-order valence-electron chi connectivity index (χ4n) is 4.06. The minimum absolute atomic E-state index is 0.0312. The van der Waals surface area contributed by atoms with E-state index in [4.69, 9.17) is 9.15 Å². The van der Waals surface area contributed by atoms with E-state index in [2.05, 4.69) is 15.9 Å². The summed E-state index contributed by atoms with van der Waals surface area (Å²) in [4.78, 5) is 27.7. The summed E-state index contributed by atoms with van der Waals surface area (Å²) in [5.74, 6) is -0.166. The molecule has 0 bridgehead atoms. The highest BCUT2D eigenvalue weighted by Gasteiger charge is 2.48. The van der Waals surface area contributed by atoms with Gasteiger partial charge in [-0.15, -0.1) is 0 Å². The summed E-state index contributed by atoms with van der Waals surface area (Å²) in [5, 5.41) is 11.2. The number of para-hydroxylation sites is 1. The first-order valence-corrected chi connectivity index (χ1v) is 11.7. The van der Waals surface area contributed by atoms with Crippen LogP contribution in [0.25, 0.3) is 5.76 Å². The number of hydrogen-bond acceptors (Lipinski definition) is 5. The zero-order chi connectivity index (χ0) is 24.5. The van der Waals surface area contributed by atoms with Gasteiger partial charge in [-0.3, -0.25) is 14.5 Å². The minimum Gasteiger partial charge on any atom is -0.507 e. The summed E-state index contributed by atoms with van der Waals surface area (Å²) in [6.07, 6.45) is 1.47. The van der Waals surface area contributed by atoms with Crippen LogP contribution in [0, 0.1) is 6.92 Å². The van der Waals surface area contributed by atoms with Gasteiger partial charge < -0.3 is 14.3 Å². The molecule has 6 nitrogen and oxygen atoms in total. The van der Waals surface area contributed by atoms with Gasteiger partial charge in [0.25, 0.3) is 11.7 Å². The summed E-state index contributed by atoms with van der Waals surface area (Å²) >= 11 is 3.44. The standard InChI is InChI=1S/C28H20BrNO5/c1-17-16-18(9-14-22(17)29)26(31)24-25(23-8-5-15-34-23)30(28(33)27(24)32)19-10-12-21(13-11-19)35-20-6-3-2-4-7-20/h2-16,25,31H,1H3/b26-24-. The fourth-order valence-corrected chi connectivity index (χ4v) is 4.31. The lowest BCUT2D eigenvalue weighted by Crippen LogP contribution is -2.29. The topological polar surface area (TPSA) is 80.0 Å². The molecule has 7 heteroatoms. The number of carbonyl (C=O) groups excluding carboxylic acids is 2. The number of aliphatic hydroxyl groups excluding tert-OH is 1. The van der Waals surface area contributed by atoms with E-state index in [1.807, 2.05) is 37.3 Å². The second kappa shape index (κ2) is 9.27. The molecule has 35 heavy (non-hydrogen) atoms. The highest BCUT2D eigenvalue weighted by Crippen LogP contribution is 2.43. The van der Waals surface area contributed by atoms with Crippen LogP contribution in [0.15, 0.2) is 106 Å². The highest BCUT2D eigenvalue weighted by molar-refractivity contribution is 9.10. The molecule has 4 aromatic rings. The van der Waals surface area contributed by atoms with Crippen molar-refractivity contribution >= 4 is 39.1 Å². The Labute approximate surface area is 210 Å². The average molecular weight is 530 g/mol. The zero-order valence-electron chi connectivity index (χ0n) is 18.6. The van der Waals surface area contributed by atoms with Gasteiger partial charge in [-0.2, -0.15) is 0 Å². The molecule has 1 aliphatic heterocycles. The Hall–Kier alpha value is -4.10. The quantitative estimate of drug-likeness (QED) is 0.175. The summed E-state index contributed by atoms with van der Waals surface area (Å²) in [7, 11) is 0. The predicted molar refractivity (Wildman–Crippen MR) is 135 cm³/mol. The third kappa shape index (κ3) is 4.26. The van der Waals surface area contributed by atoms with E-state index in [9.17, 15) is 14.7 Å². The van der Waals surface area contributed by atoms with E-state index < -0.39 is 17.7 Å². The number of amides is 1. The van der Waals surface area contributed by atoms with Crippen molar-refractivity contribution in [2.75, 3.05) is 4.90 Å². The van der Waals surface area contributed by atoms with E-state index in [0.717, 1.165) is 10.0 Å². The van der Waals surface area contributed by atoms with Gasteiger partial charge in [-0.05, 0) is 73.2 Å². The number of halogens is 1. The molecule has 1 unspecified atom stereocenters. The van der Waals surface area contributed by atoms with Crippen molar-refractivity contribution in [3.05, 3.63) is 118 Å². The largest absolute Gasteiger partial charge is 0.507 e. The molecule has 1 N–H and O–H groups in total. The van der Waals surface area contributed by atoms with Crippen LogP contribution in [-0.4, -0.2) is 16.8 Å². The lowest BCUT2D eigenvalue weighted by molar-refractivity contribution is -0.132. The van der Waals surface area contributed by atoms with Gasteiger partial charge >= 0.3 is 0 Å². The SMILES string of the molecule is Cc1cc(/C(O)=C2/C(=O)C(=O)N(c3ccc(Oc4ccccc4)cc3)C2c2ccco2)ccc1Br. The Morgan fingerprint density at radius 1 is 0.943 bits per heavy atom. The van der Waals surface area contributed by atoms with Crippen molar-refractivity contribution in [3.63, 3.8) is 0 Å². The first-order valence-electron chi connectivity index (χ1n) is 10.9. The van der Waals surface area contributed by atoms with Crippen molar-refractivity contribution in [1.29, 1.82) is 0 Å². The Morgan fingerprint density at radius 3 is 2.31 bits per heavy atom.